The molecule has 27 heavy (non-hydrogen) atoms. The lowest BCUT2D eigenvalue weighted by molar-refractivity contribution is -0.384. The zero-order chi connectivity index (χ0) is 19.8. The number of non-ortho nitro benzene ring substituents is 1. The number of benzene rings is 2. The topological polar surface area (TPSA) is 125 Å². The highest BCUT2D eigenvalue weighted by atomic mass is 16.6. The second-order valence-corrected chi connectivity index (χ2v) is 5.97. The number of hydrogen-bond acceptors (Lipinski definition) is 5. The van der Waals surface area contributed by atoms with Gasteiger partial charge in [-0.1, -0.05) is 30.3 Å². The smallest absolute Gasteiger partial charge is 0.269 e. The van der Waals surface area contributed by atoms with Crippen LogP contribution in [0.3, 0.4) is 0 Å². The van der Waals surface area contributed by atoms with Gasteiger partial charge in [-0.15, -0.1) is 0 Å². The number of carbonyl (C=O) groups is 2. The predicted molar refractivity (Wildman–Crippen MR) is 99.2 cm³/mol. The van der Waals surface area contributed by atoms with Gasteiger partial charge >= 0.3 is 0 Å². The van der Waals surface area contributed by atoms with E-state index in [2.05, 4.69) is 5.32 Å². The summed E-state index contributed by atoms with van der Waals surface area (Å²) in [5.41, 5.74) is 6.69. The van der Waals surface area contributed by atoms with E-state index in [0.29, 0.717) is 17.7 Å². The highest BCUT2D eigenvalue weighted by molar-refractivity contribution is 5.87. The van der Waals surface area contributed by atoms with Crippen molar-refractivity contribution in [3.63, 3.8) is 0 Å². The fourth-order valence-corrected chi connectivity index (χ4v) is 2.65. The number of methoxy groups -OCH3 is 1. The highest BCUT2D eigenvalue weighted by Gasteiger charge is 2.22. The summed E-state index contributed by atoms with van der Waals surface area (Å²) in [4.78, 5) is 34.4. The number of carbonyl (C=O) groups excluding carboxylic acids is 2. The first-order valence-electron chi connectivity index (χ1n) is 8.34. The van der Waals surface area contributed by atoms with Gasteiger partial charge in [-0.25, -0.2) is 0 Å². The number of hydrogen-bond donors (Lipinski definition) is 2. The summed E-state index contributed by atoms with van der Waals surface area (Å²) in [6.07, 6.45) is 0.718. The third-order valence-electron chi connectivity index (χ3n) is 4.06. The molecule has 2 aromatic carbocycles. The van der Waals surface area contributed by atoms with Gasteiger partial charge in [0, 0.05) is 30.5 Å². The average molecular weight is 371 g/mol. The van der Waals surface area contributed by atoms with Crippen LogP contribution in [0.5, 0.6) is 5.75 Å². The molecule has 0 radical (unpaired) electrons. The third-order valence-corrected chi connectivity index (χ3v) is 4.06. The average Bonchev–Trinajstić information content (AvgIpc) is 2.66. The van der Waals surface area contributed by atoms with Crippen molar-refractivity contribution < 1.29 is 19.2 Å². The van der Waals surface area contributed by atoms with Gasteiger partial charge in [0.15, 0.2) is 0 Å². The SMILES string of the molecule is COc1ccc([N+](=O)[O-])cc1C[C@H](NC(=O)CCc1ccccc1)C(N)=O. The molecule has 0 saturated heterocycles. The number of aryl methyl sites for hydroxylation is 1. The van der Waals surface area contributed by atoms with E-state index in [1.807, 2.05) is 30.3 Å². The van der Waals surface area contributed by atoms with E-state index >= 15 is 0 Å². The Kier molecular flexibility index (Phi) is 6.87. The molecule has 8 nitrogen and oxygen atoms in total. The van der Waals surface area contributed by atoms with Crippen molar-refractivity contribution in [2.24, 2.45) is 5.73 Å². The molecular weight excluding hydrogens is 350 g/mol. The van der Waals surface area contributed by atoms with E-state index in [1.165, 1.54) is 25.3 Å². The number of nitro benzene ring substituents is 1. The molecule has 3 N–H and O–H groups in total. The monoisotopic (exact) mass is 371 g/mol. The Labute approximate surface area is 156 Å². The minimum Gasteiger partial charge on any atom is -0.496 e. The molecule has 0 aliphatic heterocycles. The van der Waals surface area contributed by atoms with Crippen LogP contribution in [0.4, 0.5) is 5.69 Å². The van der Waals surface area contributed by atoms with Crippen molar-refractivity contribution >= 4 is 17.5 Å². The van der Waals surface area contributed by atoms with E-state index in [4.69, 9.17) is 10.5 Å². The summed E-state index contributed by atoms with van der Waals surface area (Å²) in [6, 6.07) is 12.5. The lowest BCUT2D eigenvalue weighted by Crippen LogP contribution is -2.46. The molecular formula is C19H21N3O5. The van der Waals surface area contributed by atoms with Gasteiger partial charge in [0.25, 0.3) is 5.69 Å². The minimum atomic E-state index is -0.996. The first-order valence-corrected chi connectivity index (χ1v) is 8.34. The molecule has 0 bridgehead atoms. The number of amides is 2. The van der Waals surface area contributed by atoms with Crippen molar-refractivity contribution in [1.82, 2.24) is 5.32 Å². The third kappa shape index (κ3) is 5.81. The molecule has 2 rings (SSSR count). The molecule has 0 unspecified atom stereocenters. The normalized spacial score (nSPS) is 11.4. The van der Waals surface area contributed by atoms with Crippen molar-refractivity contribution in [3.8, 4) is 5.75 Å². The van der Waals surface area contributed by atoms with Gasteiger partial charge in [0.05, 0.1) is 12.0 Å². The first-order chi connectivity index (χ1) is 12.9. The van der Waals surface area contributed by atoms with E-state index < -0.39 is 16.9 Å². The Morgan fingerprint density at radius 1 is 1.22 bits per heavy atom. The van der Waals surface area contributed by atoms with E-state index in [0.717, 1.165) is 5.56 Å². The van der Waals surface area contributed by atoms with Crippen LogP contribution in [0.2, 0.25) is 0 Å². The van der Waals surface area contributed by atoms with Crippen LogP contribution < -0.4 is 15.8 Å². The van der Waals surface area contributed by atoms with E-state index in [1.54, 1.807) is 0 Å². The molecule has 0 fully saturated rings. The fraction of sp³-hybridized carbons (Fsp3) is 0.263. The standard InChI is InChI=1S/C19H21N3O5/c1-27-17-9-8-15(22(25)26)11-14(17)12-16(19(20)24)21-18(23)10-7-13-5-3-2-4-6-13/h2-6,8-9,11,16H,7,10,12H2,1H3,(H2,20,24)(H,21,23)/t16-/m0/s1. The maximum Gasteiger partial charge on any atom is 0.269 e. The van der Waals surface area contributed by atoms with Gasteiger partial charge in [-0.3, -0.25) is 19.7 Å². The van der Waals surface area contributed by atoms with Crippen molar-refractivity contribution in [2.45, 2.75) is 25.3 Å². The predicted octanol–water partition coefficient (Wildman–Crippen LogP) is 1.75. The van der Waals surface area contributed by atoms with E-state index in [9.17, 15) is 19.7 Å². The number of ether oxygens (including phenoxy) is 1. The Morgan fingerprint density at radius 2 is 1.93 bits per heavy atom. The number of rotatable bonds is 9. The van der Waals surface area contributed by atoms with Gasteiger partial charge in [0.1, 0.15) is 11.8 Å². The molecule has 0 aliphatic carbocycles. The minimum absolute atomic E-state index is 0.00271. The van der Waals surface area contributed by atoms with Crippen LogP contribution >= 0.6 is 0 Å². The second-order valence-electron chi connectivity index (χ2n) is 5.97. The van der Waals surface area contributed by atoms with Gasteiger partial charge in [0.2, 0.25) is 11.8 Å². The second kappa shape index (κ2) is 9.33. The summed E-state index contributed by atoms with van der Waals surface area (Å²) in [5.74, 6) is -0.672. The van der Waals surface area contributed by atoms with Crippen molar-refractivity contribution in [1.29, 1.82) is 0 Å². The zero-order valence-electron chi connectivity index (χ0n) is 14.9. The van der Waals surface area contributed by atoms with Gasteiger partial charge in [-0.2, -0.15) is 0 Å². The molecule has 2 amide bonds. The largest absolute Gasteiger partial charge is 0.496 e. The summed E-state index contributed by atoms with van der Waals surface area (Å²) in [7, 11) is 1.42. The molecule has 0 spiro atoms. The number of nitrogens with zero attached hydrogens (tertiary/aromatic N) is 1. The van der Waals surface area contributed by atoms with E-state index in [-0.39, 0.29) is 24.4 Å². The van der Waals surface area contributed by atoms with Crippen LogP contribution in [0.1, 0.15) is 17.5 Å². The molecule has 2 aromatic rings. The summed E-state index contributed by atoms with van der Waals surface area (Å²) in [5, 5.41) is 13.6. The van der Waals surface area contributed by atoms with Crippen LogP contribution in [0.15, 0.2) is 48.5 Å². The molecule has 142 valence electrons. The number of nitrogens with one attached hydrogen (secondary N) is 1. The Morgan fingerprint density at radius 3 is 2.52 bits per heavy atom. The van der Waals surface area contributed by atoms with Gasteiger partial charge in [-0.05, 0) is 18.1 Å². The number of nitro groups is 1. The van der Waals surface area contributed by atoms with Crippen LogP contribution in [0, 0.1) is 10.1 Å². The van der Waals surface area contributed by atoms with Crippen molar-refractivity contribution in [2.75, 3.05) is 7.11 Å². The number of nitrogens with two attached hydrogens (primary N) is 1. The first kappa shape index (κ1) is 19.9. The Balaban J connectivity index is 2.07. The van der Waals surface area contributed by atoms with Crippen LogP contribution in [-0.4, -0.2) is 29.9 Å². The fourth-order valence-electron chi connectivity index (χ4n) is 2.65. The molecule has 1 atom stereocenters. The molecule has 0 aliphatic rings. The quantitative estimate of drug-likeness (QED) is 0.513. The lowest BCUT2D eigenvalue weighted by Gasteiger charge is -2.17. The number of primary amides is 1. The molecule has 0 heterocycles. The zero-order valence-corrected chi connectivity index (χ0v) is 14.9. The molecule has 0 aromatic heterocycles. The Bertz CT molecular complexity index is 823. The van der Waals surface area contributed by atoms with Crippen LogP contribution in [0.25, 0.3) is 0 Å². The van der Waals surface area contributed by atoms with Gasteiger partial charge < -0.3 is 15.8 Å². The molecule has 8 heteroatoms. The molecule has 0 saturated carbocycles. The summed E-state index contributed by atoms with van der Waals surface area (Å²) >= 11 is 0. The maximum absolute atomic E-state index is 12.2. The highest BCUT2D eigenvalue weighted by Crippen LogP contribution is 2.25. The van der Waals surface area contributed by atoms with Crippen LogP contribution in [-0.2, 0) is 22.4 Å². The summed E-state index contributed by atoms with van der Waals surface area (Å²) in [6.45, 7) is 0. The lowest BCUT2D eigenvalue weighted by atomic mass is 10.0. The summed E-state index contributed by atoms with van der Waals surface area (Å²) < 4.78 is 5.18. The van der Waals surface area contributed by atoms with Crippen molar-refractivity contribution in [3.05, 3.63) is 69.8 Å². The Hall–Kier alpha value is -3.42. The maximum atomic E-state index is 12.2.